The van der Waals surface area contributed by atoms with Crippen LogP contribution in [0.2, 0.25) is 0 Å². The van der Waals surface area contributed by atoms with Gasteiger partial charge in [-0.2, -0.15) is 0 Å². The maximum absolute atomic E-state index is 12.1. The molecule has 2 rings (SSSR count). The third-order valence-electron chi connectivity index (χ3n) is 2.59. The molecule has 1 N–H and O–H groups in total. The predicted molar refractivity (Wildman–Crippen MR) is 60.0 cm³/mol. The van der Waals surface area contributed by atoms with Crippen LogP contribution in [-0.2, 0) is 19.6 Å². The van der Waals surface area contributed by atoms with E-state index in [1.54, 1.807) is 6.92 Å². The molecule has 0 radical (unpaired) electrons. The lowest BCUT2D eigenvalue weighted by Crippen LogP contribution is -2.35. The summed E-state index contributed by atoms with van der Waals surface area (Å²) in [5, 5.41) is 9.92. The highest BCUT2D eigenvalue weighted by Crippen LogP contribution is 2.36. The Kier molecular flexibility index (Phi) is 2.62. The van der Waals surface area contributed by atoms with E-state index in [2.05, 4.69) is 4.74 Å². The van der Waals surface area contributed by atoms with Crippen LogP contribution < -0.4 is 0 Å². The fourth-order valence-corrected chi connectivity index (χ4v) is 3.08. The topological polar surface area (TPSA) is 97.0 Å². The normalized spacial score (nSPS) is 17.6. The van der Waals surface area contributed by atoms with Gasteiger partial charge in [0.15, 0.2) is 17.2 Å². The monoisotopic (exact) mass is 273 g/mol. The van der Waals surface area contributed by atoms with E-state index in [1.807, 2.05) is 0 Å². The zero-order valence-electron chi connectivity index (χ0n) is 9.92. The summed E-state index contributed by atoms with van der Waals surface area (Å²) < 4.78 is 34.4. The Morgan fingerprint density at radius 2 is 2.11 bits per heavy atom. The quantitative estimate of drug-likeness (QED) is 0.753. The Hall–Kier alpha value is -1.96. The summed E-state index contributed by atoms with van der Waals surface area (Å²) >= 11 is 0. The minimum atomic E-state index is -3.92. The first-order valence-electron chi connectivity index (χ1n) is 4.92. The number of carbonyl (C=O) groups excluding carboxylic acids is 1. The van der Waals surface area contributed by atoms with Crippen molar-refractivity contribution < 1.29 is 27.5 Å². The molecule has 0 unspecified atom stereocenters. The molecule has 1 aliphatic heterocycles. The molecule has 1 aliphatic rings. The van der Waals surface area contributed by atoms with Crippen molar-refractivity contribution in [3.8, 4) is 0 Å². The van der Waals surface area contributed by atoms with E-state index in [9.17, 15) is 18.3 Å². The zero-order chi connectivity index (χ0) is 13.7. The number of esters is 1. The number of aliphatic hydroxyl groups excluding tert-OH is 1. The van der Waals surface area contributed by atoms with Gasteiger partial charge >= 0.3 is 5.97 Å². The molecule has 98 valence electrons. The van der Waals surface area contributed by atoms with Crippen LogP contribution >= 0.6 is 0 Å². The van der Waals surface area contributed by atoms with Gasteiger partial charge in [0.1, 0.15) is 10.7 Å². The van der Waals surface area contributed by atoms with Gasteiger partial charge in [0.2, 0.25) is 0 Å². The average molecular weight is 273 g/mol. The number of sulfonamides is 1. The molecule has 1 aromatic heterocycles. The van der Waals surface area contributed by atoms with Crippen molar-refractivity contribution >= 4 is 21.8 Å². The van der Waals surface area contributed by atoms with Gasteiger partial charge in [-0.15, -0.1) is 0 Å². The van der Waals surface area contributed by atoms with Crippen molar-refractivity contribution in [2.45, 2.75) is 11.8 Å². The number of rotatable bonds is 1. The highest BCUT2D eigenvalue weighted by Gasteiger charge is 2.41. The molecule has 1 aromatic rings. The summed E-state index contributed by atoms with van der Waals surface area (Å²) in [5.41, 5.74) is -0.473. The molecule has 0 spiro atoms. The maximum Gasteiger partial charge on any atom is 0.359 e. The molecule has 7 nitrogen and oxygen atoms in total. The van der Waals surface area contributed by atoms with Gasteiger partial charge in [-0.05, 0) is 6.92 Å². The van der Waals surface area contributed by atoms with Crippen molar-refractivity contribution in [2.75, 3.05) is 14.2 Å². The molecular weight excluding hydrogens is 262 g/mol. The van der Waals surface area contributed by atoms with Crippen molar-refractivity contribution in [1.82, 2.24) is 4.31 Å². The van der Waals surface area contributed by atoms with Gasteiger partial charge in [0.25, 0.3) is 10.0 Å². The molecule has 2 heterocycles. The number of hydrogen-bond acceptors (Lipinski definition) is 6. The Morgan fingerprint density at radius 3 is 2.67 bits per heavy atom. The summed E-state index contributed by atoms with van der Waals surface area (Å²) in [6.07, 6.45) is 0. The van der Waals surface area contributed by atoms with Crippen LogP contribution in [0.3, 0.4) is 0 Å². The first-order valence-corrected chi connectivity index (χ1v) is 6.36. The number of likely N-dealkylation sites (N-methyl/N-ethyl adjacent to an activating group) is 1. The summed E-state index contributed by atoms with van der Waals surface area (Å²) in [6.45, 7) is 1.54. The molecule has 0 aliphatic carbocycles. The Morgan fingerprint density at radius 1 is 1.50 bits per heavy atom. The number of fused-ring (bicyclic) bond motifs is 1. The second-order valence-corrected chi connectivity index (χ2v) is 5.65. The number of aliphatic hydroxyl groups is 1. The Balaban J connectivity index is 2.80. The maximum atomic E-state index is 12.1. The smallest absolute Gasteiger partial charge is 0.359 e. The lowest BCUT2D eigenvalue weighted by Gasteiger charge is -2.24. The molecule has 18 heavy (non-hydrogen) atoms. The fourth-order valence-electron chi connectivity index (χ4n) is 1.69. The molecule has 0 aromatic carbocycles. The number of hydrogen-bond donors (Lipinski definition) is 1. The SMILES string of the molecule is COC(=O)C1=C(O)c2oc(C)cc2S(=O)(=O)N1C. The second-order valence-electron chi connectivity index (χ2n) is 3.71. The van der Waals surface area contributed by atoms with E-state index in [-0.39, 0.29) is 10.7 Å². The van der Waals surface area contributed by atoms with E-state index in [0.29, 0.717) is 10.1 Å². The number of methoxy groups -OCH3 is 1. The lowest BCUT2D eigenvalue weighted by molar-refractivity contribution is -0.137. The van der Waals surface area contributed by atoms with Gasteiger partial charge in [-0.25, -0.2) is 13.2 Å². The first-order chi connectivity index (χ1) is 8.30. The fraction of sp³-hybridized carbons (Fsp3) is 0.300. The van der Waals surface area contributed by atoms with E-state index in [4.69, 9.17) is 4.42 Å². The minimum absolute atomic E-state index is 0.173. The molecular formula is C10H11NO6S. The van der Waals surface area contributed by atoms with E-state index < -0.39 is 27.4 Å². The largest absolute Gasteiger partial charge is 0.503 e. The molecule has 0 fully saturated rings. The van der Waals surface area contributed by atoms with Gasteiger partial charge in [-0.1, -0.05) is 0 Å². The summed E-state index contributed by atoms with van der Waals surface area (Å²) in [4.78, 5) is 11.3. The van der Waals surface area contributed by atoms with Gasteiger partial charge in [0.05, 0.1) is 7.11 Å². The molecule has 0 saturated carbocycles. The van der Waals surface area contributed by atoms with E-state index in [0.717, 1.165) is 14.2 Å². The van der Waals surface area contributed by atoms with Crippen LogP contribution in [0.1, 0.15) is 11.5 Å². The number of ether oxygens (including phenoxy) is 1. The summed E-state index contributed by atoms with van der Waals surface area (Å²) in [5.74, 6) is -1.44. The number of aryl methyl sites for hydroxylation is 1. The number of nitrogens with zero attached hydrogens (tertiary/aromatic N) is 1. The van der Waals surface area contributed by atoms with Gasteiger partial charge in [0, 0.05) is 13.1 Å². The molecule has 0 saturated heterocycles. The highest BCUT2D eigenvalue weighted by atomic mass is 32.2. The number of furan rings is 1. The second kappa shape index (κ2) is 3.77. The van der Waals surface area contributed by atoms with Crippen LogP contribution in [0.25, 0.3) is 5.76 Å². The summed E-state index contributed by atoms with van der Waals surface area (Å²) in [6, 6.07) is 1.28. The highest BCUT2D eigenvalue weighted by molar-refractivity contribution is 7.89. The summed E-state index contributed by atoms with van der Waals surface area (Å²) in [7, 11) is -1.67. The lowest BCUT2D eigenvalue weighted by atomic mass is 10.3. The van der Waals surface area contributed by atoms with Crippen LogP contribution in [0, 0.1) is 6.92 Å². The molecule has 8 heteroatoms. The standard InChI is InChI=1S/C10H11NO6S/c1-5-4-6-9(17-5)8(12)7(10(13)16-3)11(2)18(6,14)15/h4,12H,1-3H3. The van der Waals surface area contributed by atoms with E-state index in [1.165, 1.54) is 6.07 Å². The third kappa shape index (κ3) is 1.49. The van der Waals surface area contributed by atoms with Crippen LogP contribution in [0.5, 0.6) is 0 Å². The Bertz CT molecular complexity index is 654. The van der Waals surface area contributed by atoms with Crippen molar-refractivity contribution in [1.29, 1.82) is 0 Å². The molecule has 0 atom stereocenters. The van der Waals surface area contributed by atoms with Crippen molar-refractivity contribution in [3.63, 3.8) is 0 Å². The van der Waals surface area contributed by atoms with Crippen LogP contribution in [-0.4, -0.2) is 38.0 Å². The molecule has 0 amide bonds. The Labute approximate surface area is 103 Å². The van der Waals surface area contributed by atoms with Gasteiger partial charge in [-0.3, -0.25) is 4.31 Å². The predicted octanol–water partition coefficient (Wildman–Crippen LogP) is 0.622. The third-order valence-corrected chi connectivity index (χ3v) is 4.36. The average Bonchev–Trinajstić information content (AvgIpc) is 2.70. The zero-order valence-corrected chi connectivity index (χ0v) is 10.7. The number of carbonyl (C=O) groups is 1. The first kappa shape index (κ1) is 12.5. The van der Waals surface area contributed by atoms with Crippen LogP contribution in [0.4, 0.5) is 0 Å². The van der Waals surface area contributed by atoms with Crippen molar-refractivity contribution in [2.24, 2.45) is 0 Å². The van der Waals surface area contributed by atoms with E-state index >= 15 is 0 Å². The molecule has 0 bridgehead atoms. The minimum Gasteiger partial charge on any atom is -0.503 e. The van der Waals surface area contributed by atoms with Crippen LogP contribution in [0.15, 0.2) is 21.1 Å². The van der Waals surface area contributed by atoms with Crippen molar-refractivity contribution in [3.05, 3.63) is 23.3 Å². The van der Waals surface area contributed by atoms with Gasteiger partial charge < -0.3 is 14.3 Å².